The van der Waals surface area contributed by atoms with Crippen molar-refractivity contribution >= 4 is 11.8 Å². The number of nitrogens with zero attached hydrogens (tertiary/aromatic N) is 1. The Hall–Kier alpha value is -1.72. The van der Waals surface area contributed by atoms with Crippen molar-refractivity contribution in [1.29, 1.82) is 5.26 Å². The Morgan fingerprint density at radius 2 is 1.59 bits per heavy atom. The molecule has 84 valence electrons. The minimum Gasteiger partial charge on any atom is -0.192 e. The van der Waals surface area contributed by atoms with Crippen molar-refractivity contribution in [2.45, 2.75) is 11.5 Å². The third kappa shape index (κ3) is 3.65. The van der Waals surface area contributed by atoms with E-state index in [1.165, 1.54) is 11.1 Å². The third-order valence-electron chi connectivity index (χ3n) is 2.44. The molecular formula is C15H13NS. The molecule has 0 N–H and O–H groups in total. The Morgan fingerprint density at radius 3 is 2.35 bits per heavy atom. The summed E-state index contributed by atoms with van der Waals surface area (Å²) in [6, 6.07) is 20.4. The summed E-state index contributed by atoms with van der Waals surface area (Å²) < 4.78 is 0. The monoisotopic (exact) mass is 239 g/mol. The van der Waals surface area contributed by atoms with Crippen molar-refractivity contribution in [3.63, 3.8) is 0 Å². The average Bonchev–Trinajstić information content (AvgIpc) is 2.40. The van der Waals surface area contributed by atoms with Crippen LogP contribution in [0.5, 0.6) is 0 Å². The zero-order valence-electron chi connectivity index (χ0n) is 9.47. The first-order chi connectivity index (χ1) is 8.38. The van der Waals surface area contributed by atoms with Gasteiger partial charge in [-0.2, -0.15) is 17.0 Å². The highest BCUT2D eigenvalue weighted by Gasteiger charge is 1.97. The van der Waals surface area contributed by atoms with Gasteiger partial charge in [0, 0.05) is 11.5 Å². The summed E-state index contributed by atoms with van der Waals surface area (Å²) in [5.74, 6) is 1.96. The van der Waals surface area contributed by atoms with E-state index in [-0.39, 0.29) is 0 Å². The molecule has 0 aliphatic carbocycles. The Bertz CT molecular complexity index is 514. The van der Waals surface area contributed by atoms with Crippen LogP contribution in [0.2, 0.25) is 0 Å². The molecule has 0 atom stereocenters. The summed E-state index contributed by atoms with van der Waals surface area (Å²) in [5, 5.41) is 8.81. The molecule has 2 heteroatoms. The summed E-state index contributed by atoms with van der Waals surface area (Å²) in [4.78, 5) is 0. The van der Waals surface area contributed by atoms with Crippen LogP contribution in [0.3, 0.4) is 0 Å². The molecule has 2 aromatic carbocycles. The molecule has 0 saturated heterocycles. The Labute approximate surface area is 106 Å². The lowest BCUT2D eigenvalue weighted by Gasteiger charge is -2.02. The average molecular weight is 239 g/mol. The van der Waals surface area contributed by atoms with E-state index in [2.05, 4.69) is 36.4 Å². The molecule has 0 bridgehead atoms. The molecule has 0 aliphatic heterocycles. The zero-order valence-corrected chi connectivity index (χ0v) is 10.3. The van der Waals surface area contributed by atoms with Crippen LogP contribution in [0.15, 0.2) is 54.6 Å². The fourth-order valence-electron chi connectivity index (χ4n) is 1.59. The van der Waals surface area contributed by atoms with Gasteiger partial charge in [-0.3, -0.25) is 0 Å². The first kappa shape index (κ1) is 11.8. The van der Waals surface area contributed by atoms with Gasteiger partial charge in [-0.15, -0.1) is 0 Å². The van der Waals surface area contributed by atoms with Gasteiger partial charge in [0.15, 0.2) is 0 Å². The lowest BCUT2D eigenvalue weighted by molar-refractivity contribution is 1.35. The number of hydrogen-bond donors (Lipinski definition) is 0. The molecule has 2 rings (SSSR count). The van der Waals surface area contributed by atoms with Gasteiger partial charge in [-0.1, -0.05) is 42.5 Å². The largest absolute Gasteiger partial charge is 0.192 e. The molecule has 0 heterocycles. The molecule has 1 nitrogen and oxygen atoms in total. The van der Waals surface area contributed by atoms with E-state index in [9.17, 15) is 0 Å². The fraction of sp³-hybridized carbons (Fsp3) is 0.133. The molecule has 17 heavy (non-hydrogen) atoms. The van der Waals surface area contributed by atoms with Crippen molar-refractivity contribution in [2.24, 2.45) is 0 Å². The first-order valence-electron chi connectivity index (χ1n) is 5.49. The van der Waals surface area contributed by atoms with E-state index in [4.69, 9.17) is 5.26 Å². The number of rotatable bonds is 4. The van der Waals surface area contributed by atoms with Gasteiger partial charge >= 0.3 is 0 Å². The van der Waals surface area contributed by atoms with Crippen molar-refractivity contribution in [3.05, 3.63) is 71.3 Å². The molecule has 0 unspecified atom stereocenters. The second-order valence-electron chi connectivity index (χ2n) is 3.79. The van der Waals surface area contributed by atoms with E-state index >= 15 is 0 Å². The molecule has 0 saturated carbocycles. The van der Waals surface area contributed by atoms with E-state index in [1.807, 2.05) is 36.0 Å². The number of hydrogen-bond acceptors (Lipinski definition) is 2. The SMILES string of the molecule is N#Cc1cccc(CSCc2ccccc2)c1. The second kappa shape index (κ2) is 6.12. The van der Waals surface area contributed by atoms with E-state index in [0.717, 1.165) is 17.1 Å². The quantitative estimate of drug-likeness (QED) is 0.805. The number of thioether (sulfide) groups is 1. The number of nitriles is 1. The fourth-order valence-corrected chi connectivity index (χ4v) is 2.54. The summed E-state index contributed by atoms with van der Waals surface area (Å²) in [6.07, 6.45) is 0. The van der Waals surface area contributed by atoms with Crippen LogP contribution in [0.25, 0.3) is 0 Å². The summed E-state index contributed by atoms with van der Waals surface area (Å²) in [6.45, 7) is 0. The first-order valence-corrected chi connectivity index (χ1v) is 6.64. The molecule has 0 aliphatic rings. The lowest BCUT2D eigenvalue weighted by Crippen LogP contribution is -1.84. The van der Waals surface area contributed by atoms with Gasteiger partial charge in [0.25, 0.3) is 0 Å². The smallest absolute Gasteiger partial charge is 0.0991 e. The van der Waals surface area contributed by atoms with E-state index in [1.54, 1.807) is 0 Å². The lowest BCUT2D eigenvalue weighted by atomic mass is 10.2. The maximum absolute atomic E-state index is 8.81. The Balaban J connectivity index is 1.88. The zero-order chi connectivity index (χ0) is 11.9. The van der Waals surface area contributed by atoms with Crippen molar-refractivity contribution < 1.29 is 0 Å². The van der Waals surface area contributed by atoms with Gasteiger partial charge in [-0.25, -0.2) is 0 Å². The summed E-state index contributed by atoms with van der Waals surface area (Å²) >= 11 is 1.87. The molecule has 0 aromatic heterocycles. The molecule has 0 amide bonds. The Morgan fingerprint density at radius 1 is 0.882 bits per heavy atom. The number of benzene rings is 2. The summed E-state index contributed by atoms with van der Waals surface area (Å²) in [7, 11) is 0. The van der Waals surface area contributed by atoms with Crippen LogP contribution < -0.4 is 0 Å². The van der Waals surface area contributed by atoms with Crippen LogP contribution >= 0.6 is 11.8 Å². The van der Waals surface area contributed by atoms with Gasteiger partial charge in [0.2, 0.25) is 0 Å². The predicted octanol–water partition coefficient (Wildman–Crippen LogP) is 3.99. The van der Waals surface area contributed by atoms with Crippen LogP contribution in [0.4, 0.5) is 0 Å². The minimum absolute atomic E-state index is 0.739. The molecule has 0 fully saturated rings. The second-order valence-corrected chi connectivity index (χ2v) is 4.78. The topological polar surface area (TPSA) is 23.8 Å². The Kier molecular flexibility index (Phi) is 4.23. The van der Waals surface area contributed by atoms with E-state index < -0.39 is 0 Å². The van der Waals surface area contributed by atoms with Crippen LogP contribution in [0.1, 0.15) is 16.7 Å². The van der Waals surface area contributed by atoms with Crippen LogP contribution in [-0.4, -0.2) is 0 Å². The van der Waals surface area contributed by atoms with Gasteiger partial charge in [0.05, 0.1) is 11.6 Å². The normalized spacial score (nSPS) is 9.82. The highest BCUT2D eigenvalue weighted by atomic mass is 32.2. The van der Waals surface area contributed by atoms with Crippen LogP contribution in [-0.2, 0) is 11.5 Å². The van der Waals surface area contributed by atoms with Gasteiger partial charge in [0.1, 0.15) is 0 Å². The van der Waals surface area contributed by atoms with E-state index in [0.29, 0.717) is 0 Å². The molecular weight excluding hydrogens is 226 g/mol. The van der Waals surface area contributed by atoms with Crippen molar-refractivity contribution in [1.82, 2.24) is 0 Å². The summed E-state index contributed by atoms with van der Waals surface area (Å²) in [5.41, 5.74) is 3.29. The molecule has 0 spiro atoms. The highest BCUT2D eigenvalue weighted by molar-refractivity contribution is 7.97. The molecule has 2 aromatic rings. The van der Waals surface area contributed by atoms with Crippen LogP contribution in [0, 0.1) is 11.3 Å². The molecule has 0 radical (unpaired) electrons. The van der Waals surface area contributed by atoms with Gasteiger partial charge in [-0.05, 0) is 23.3 Å². The van der Waals surface area contributed by atoms with Crippen molar-refractivity contribution in [2.75, 3.05) is 0 Å². The maximum Gasteiger partial charge on any atom is 0.0991 e. The van der Waals surface area contributed by atoms with Gasteiger partial charge < -0.3 is 0 Å². The minimum atomic E-state index is 0.739. The van der Waals surface area contributed by atoms with Crippen molar-refractivity contribution in [3.8, 4) is 6.07 Å². The highest BCUT2D eigenvalue weighted by Crippen LogP contribution is 2.18. The third-order valence-corrected chi connectivity index (χ3v) is 3.51. The predicted molar refractivity (Wildman–Crippen MR) is 72.6 cm³/mol. The standard InChI is InChI=1S/C15H13NS/c16-10-14-7-4-8-15(9-14)12-17-11-13-5-2-1-3-6-13/h1-9H,11-12H2. The maximum atomic E-state index is 8.81.